The van der Waals surface area contributed by atoms with Gasteiger partial charge in [-0.1, -0.05) is 12.1 Å². The van der Waals surface area contributed by atoms with E-state index in [0.29, 0.717) is 31.0 Å². The van der Waals surface area contributed by atoms with Gasteiger partial charge in [0.15, 0.2) is 0 Å². The Hall–Kier alpha value is -3.35. The van der Waals surface area contributed by atoms with Crippen LogP contribution in [0.4, 0.5) is 14.9 Å². The SMILES string of the molecule is CN(Cc1ccc(N(C)C)cc1)C(=O)NCCc1coc(-c2ccc(F)cc2)n1. The summed E-state index contributed by atoms with van der Waals surface area (Å²) in [6.45, 7) is 0.969. The zero-order valence-corrected chi connectivity index (χ0v) is 16.9. The van der Waals surface area contributed by atoms with Crippen molar-refractivity contribution in [2.24, 2.45) is 0 Å². The molecule has 7 heteroatoms. The van der Waals surface area contributed by atoms with Crippen molar-refractivity contribution in [1.82, 2.24) is 15.2 Å². The first-order valence-corrected chi connectivity index (χ1v) is 9.38. The second-order valence-electron chi connectivity index (χ2n) is 7.05. The summed E-state index contributed by atoms with van der Waals surface area (Å²) in [5, 5.41) is 2.88. The van der Waals surface area contributed by atoms with Gasteiger partial charge < -0.3 is 19.5 Å². The number of halogens is 1. The minimum atomic E-state index is -0.305. The maximum Gasteiger partial charge on any atom is 0.317 e. The number of carbonyl (C=O) groups is 1. The minimum Gasteiger partial charge on any atom is -0.444 e. The highest BCUT2D eigenvalue weighted by Crippen LogP contribution is 2.19. The number of urea groups is 1. The predicted molar refractivity (Wildman–Crippen MR) is 111 cm³/mol. The van der Waals surface area contributed by atoms with Crippen LogP contribution in [-0.4, -0.2) is 43.6 Å². The standard InChI is InChI=1S/C22H25FN4O2/c1-26(2)20-10-4-16(5-11-20)14-27(3)22(28)24-13-12-19-15-29-21(25-19)17-6-8-18(23)9-7-17/h4-11,15H,12-14H2,1-3H3,(H,24,28). The van der Waals surface area contributed by atoms with Gasteiger partial charge in [0.2, 0.25) is 5.89 Å². The van der Waals surface area contributed by atoms with Crippen LogP contribution in [0, 0.1) is 5.82 Å². The van der Waals surface area contributed by atoms with E-state index in [4.69, 9.17) is 4.42 Å². The van der Waals surface area contributed by atoms with Crippen LogP contribution in [0.25, 0.3) is 11.5 Å². The fourth-order valence-corrected chi connectivity index (χ4v) is 2.82. The molecule has 2 aromatic carbocycles. The van der Waals surface area contributed by atoms with Gasteiger partial charge in [0.05, 0.1) is 5.69 Å². The number of rotatable bonds is 7. The lowest BCUT2D eigenvalue weighted by molar-refractivity contribution is 0.207. The Morgan fingerprint density at radius 1 is 1.07 bits per heavy atom. The molecule has 2 amide bonds. The van der Waals surface area contributed by atoms with Gasteiger partial charge in [-0.15, -0.1) is 0 Å². The second kappa shape index (κ2) is 9.23. The number of oxazole rings is 1. The first-order chi connectivity index (χ1) is 13.9. The molecule has 152 valence electrons. The van der Waals surface area contributed by atoms with Gasteiger partial charge in [-0.05, 0) is 42.0 Å². The van der Waals surface area contributed by atoms with Crippen LogP contribution in [0.1, 0.15) is 11.3 Å². The molecule has 1 aromatic heterocycles. The summed E-state index contributed by atoms with van der Waals surface area (Å²) in [5.41, 5.74) is 3.62. The number of anilines is 1. The quantitative estimate of drug-likeness (QED) is 0.657. The maximum atomic E-state index is 13.0. The number of benzene rings is 2. The van der Waals surface area contributed by atoms with Crippen molar-refractivity contribution in [2.75, 3.05) is 32.6 Å². The molecule has 0 spiro atoms. The number of amides is 2. The molecule has 0 unspecified atom stereocenters. The van der Waals surface area contributed by atoms with Gasteiger partial charge >= 0.3 is 6.03 Å². The van der Waals surface area contributed by atoms with Gasteiger partial charge in [0, 0.05) is 51.9 Å². The van der Waals surface area contributed by atoms with E-state index in [9.17, 15) is 9.18 Å². The van der Waals surface area contributed by atoms with E-state index >= 15 is 0 Å². The number of nitrogens with zero attached hydrogens (tertiary/aromatic N) is 3. The molecular weight excluding hydrogens is 371 g/mol. The number of nitrogens with one attached hydrogen (secondary N) is 1. The summed E-state index contributed by atoms with van der Waals surface area (Å²) >= 11 is 0. The number of hydrogen-bond donors (Lipinski definition) is 1. The number of carbonyl (C=O) groups excluding carboxylic acids is 1. The summed E-state index contributed by atoms with van der Waals surface area (Å²) in [4.78, 5) is 20.4. The first-order valence-electron chi connectivity index (χ1n) is 9.38. The fraction of sp³-hybridized carbons (Fsp3) is 0.273. The number of aromatic nitrogens is 1. The molecule has 0 radical (unpaired) electrons. The summed E-state index contributed by atoms with van der Waals surface area (Å²) < 4.78 is 18.4. The monoisotopic (exact) mass is 396 g/mol. The molecule has 1 N–H and O–H groups in total. The van der Waals surface area contributed by atoms with Crippen LogP contribution in [0.3, 0.4) is 0 Å². The summed E-state index contributed by atoms with van der Waals surface area (Å²) in [5.74, 6) is 0.130. The molecule has 1 heterocycles. The molecule has 29 heavy (non-hydrogen) atoms. The van der Waals surface area contributed by atoms with Gasteiger partial charge in [-0.25, -0.2) is 14.2 Å². The van der Waals surface area contributed by atoms with Gasteiger partial charge in [-0.3, -0.25) is 0 Å². The highest BCUT2D eigenvalue weighted by Gasteiger charge is 2.11. The molecule has 0 aliphatic heterocycles. The minimum absolute atomic E-state index is 0.149. The van der Waals surface area contributed by atoms with Crippen molar-refractivity contribution < 1.29 is 13.6 Å². The Bertz CT molecular complexity index is 936. The Morgan fingerprint density at radius 3 is 2.41 bits per heavy atom. The summed E-state index contributed by atoms with van der Waals surface area (Å²) in [6.07, 6.45) is 2.10. The van der Waals surface area contributed by atoms with Gasteiger partial charge in [0.1, 0.15) is 12.1 Å². The highest BCUT2D eigenvalue weighted by molar-refractivity contribution is 5.73. The lowest BCUT2D eigenvalue weighted by Gasteiger charge is -2.19. The van der Waals surface area contributed by atoms with E-state index in [1.807, 2.05) is 43.3 Å². The molecular formula is C22H25FN4O2. The van der Waals surface area contributed by atoms with Crippen molar-refractivity contribution in [2.45, 2.75) is 13.0 Å². The summed E-state index contributed by atoms with van der Waals surface area (Å²) in [7, 11) is 5.75. The third kappa shape index (κ3) is 5.57. The zero-order valence-electron chi connectivity index (χ0n) is 16.9. The van der Waals surface area contributed by atoms with Crippen LogP contribution in [0.2, 0.25) is 0 Å². The molecule has 0 saturated carbocycles. The third-order valence-corrected chi connectivity index (χ3v) is 4.52. The average molecular weight is 396 g/mol. The average Bonchev–Trinajstić information content (AvgIpc) is 3.17. The molecule has 0 atom stereocenters. The van der Waals surface area contributed by atoms with E-state index in [2.05, 4.69) is 10.3 Å². The fourth-order valence-electron chi connectivity index (χ4n) is 2.82. The van der Waals surface area contributed by atoms with Crippen LogP contribution in [0.15, 0.2) is 59.2 Å². The lowest BCUT2D eigenvalue weighted by Crippen LogP contribution is -2.37. The van der Waals surface area contributed by atoms with Crippen molar-refractivity contribution in [1.29, 1.82) is 0 Å². The van der Waals surface area contributed by atoms with Crippen LogP contribution in [-0.2, 0) is 13.0 Å². The van der Waals surface area contributed by atoms with E-state index in [-0.39, 0.29) is 11.8 Å². The predicted octanol–water partition coefficient (Wildman–Crippen LogP) is 3.93. The molecule has 3 rings (SSSR count). The van der Waals surface area contributed by atoms with Gasteiger partial charge in [-0.2, -0.15) is 0 Å². The second-order valence-corrected chi connectivity index (χ2v) is 7.05. The Morgan fingerprint density at radius 2 is 1.76 bits per heavy atom. The first kappa shape index (κ1) is 20.4. The molecule has 0 bridgehead atoms. The largest absolute Gasteiger partial charge is 0.444 e. The Balaban J connectivity index is 1.46. The van der Waals surface area contributed by atoms with E-state index in [1.165, 1.54) is 12.1 Å². The van der Waals surface area contributed by atoms with Crippen molar-refractivity contribution in [3.05, 3.63) is 71.9 Å². The molecule has 0 aliphatic rings. The van der Waals surface area contributed by atoms with Crippen LogP contribution in [0.5, 0.6) is 0 Å². The normalized spacial score (nSPS) is 10.6. The molecule has 0 aliphatic carbocycles. The number of hydrogen-bond acceptors (Lipinski definition) is 4. The van der Waals surface area contributed by atoms with Crippen LogP contribution < -0.4 is 10.2 Å². The molecule has 0 fully saturated rings. The lowest BCUT2D eigenvalue weighted by atomic mass is 10.2. The molecule has 0 saturated heterocycles. The Kier molecular flexibility index (Phi) is 6.49. The van der Waals surface area contributed by atoms with Gasteiger partial charge in [0.25, 0.3) is 0 Å². The molecule has 6 nitrogen and oxygen atoms in total. The van der Waals surface area contributed by atoms with Crippen LogP contribution >= 0.6 is 0 Å². The van der Waals surface area contributed by atoms with E-state index in [1.54, 1.807) is 30.3 Å². The summed E-state index contributed by atoms with van der Waals surface area (Å²) in [6, 6.07) is 13.9. The van der Waals surface area contributed by atoms with E-state index in [0.717, 1.165) is 16.9 Å². The topological polar surface area (TPSA) is 61.6 Å². The third-order valence-electron chi connectivity index (χ3n) is 4.52. The Labute approximate surface area is 170 Å². The van der Waals surface area contributed by atoms with Crippen molar-refractivity contribution >= 4 is 11.7 Å². The zero-order chi connectivity index (χ0) is 20.8. The maximum absolute atomic E-state index is 13.0. The smallest absolute Gasteiger partial charge is 0.317 e. The molecule has 3 aromatic rings. The van der Waals surface area contributed by atoms with E-state index < -0.39 is 0 Å². The highest BCUT2D eigenvalue weighted by atomic mass is 19.1. The van der Waals surface area contributed by atoms with Crippen molar-refractivity contribution in [3.63, 3.8) is 0 Å². The van der Waals surface area contributed by atoms with Crippen molar-refractivity contribution in [3.8, 4) is 11.5 Å².